The Morgan fingerprint density at radius 3 is 2.52 bits per heavy atom. The predicted molar refractivity (Wildman–Crippen MR) is 86.5 cm³/mol. The van der Waals surface area contributed by atoms with Crippen LogP contribution in [-0.4, -0.2) is 29.3 Å². The first-order valence-electron chi connectivity index (χ1n) is 7.30. The van der Waals surface area contributed by atoms with Crippen LogP contribution in [0.1, 0.15) is 53.3 Å². The Kier molecular flexibility index (Phi) is 6.61. The molecule has 2 atom stereocenters. The van der Waals surface area contributed by atoms with Crippen LogP contribution < -0.4 is 10.6 Å². The maximum absolute atomic E-state index is 11.9. The standard InChI is InChI=1S/C15H27N3O2S/c1-10(2)12(18-14(19)20-15(4,5)6)7-16-11(3)13-8-21-9-17-13/h8-12,16H,7H2,1-6H3,(H,18,19). The third-order valence-electron chi connectivity index (χ3n) is 3.05. The topological polar surface area (TPSA) is 63.2 Å². The molecule has 0 bridgehead atoms. The van der Waals surface area contributed by atoms with E-state index in [1.807, 2.05) is 31.7 Å². The number of ether oxygens (including phenoxy) is 1. The van der Waals surface area contributed by atoms with Crippen molar-refractivity contribution in [3.63, 3.8) is 0 Å². The molecule has 1 amide bonds. The molecule has 0 aliphatic carbocycles. The summed E-state index contributed by atoms with van der Waals surface area (Å²) in [6.07, 6.45) is -0.371. The van der Waals surface area contributed by atoms with E-state index in [0.717, 1.165) is 5.69 Å². The number of hydrogen-bond acceptors (Lipinski definition) is 5. The van der Waals surface area contributed by atoms with Crippen molar-refractivity contribution in [2.24, 2.45) is 5.92 Å². The van der Waals surface area contributed by atoms with Gasteiger partial charge in [-0.25, -0.2) is 9.78 Å². The Morgan fingerprint density at radius 2 is 2.05 bits per heavy atom. The van der Waals surface area contributed by atoms with Crippen LogP contribution in [-0.2, 0) is 4.74 Å². The number of carbonyl (C=O) groups is 1. The van der Waals surface area contributed by atoms with E-state index in [2.05, 4.69) is 36.4 Å². The Hall–Kier alpha value is -1.14. The first kappa shape index (κ1) is 17.9. The van der Waals surface area contributed by atoms with Crippen molar-refractivity contribution in [3.8, 4) is 0 Å². The number of thiazole rings is 1. The predicted octanol–water partition coefficient (Wildman–Crippen LogP) is 3.34. The lowest BCUT2D eigenvalue weighted by atomic mass is 10.0. The zero-order chi connectivity index (χ0) is 16.0. The van der Waals surface area contributed by atoms with Gasteiger partial charge in [-0.1, -0.05) is 13.8 Å². The number of nitrogens with zero attached hydrogens (tertiary/aromatic N) is 1. The maximum atomic E-state index is 11.9. The summed E-state index contributed by atoms with van der Waals surface area (Å²) in [5.74, 6) is 0.313. The fourth-order valence-electron chi connectivity index (χ4n) is 1.76. The molecule has 21 heavy (non-hydrogen) atoms. The molecule has 0 aliphatic heterocycles. The molecular formula is C15H27N3O2S. The lowest BCUT2D eigenvalue weighted by Crippen LogP contribution is -2.47. The van der Waals surface area contributed by atoms with E-state index in [1.54, 1.807) is 11.3 Å². The third-order valence-corrected chi connectivity index (χ3v) is 3.65. The van der Waals surface area contributed by atoms with E-state index < -0.39 is 5.60 Å². The van der Waals surface area contributed by atoms with E-state index >= 15 is 0 Å². The average molecular weight is 313 g/mol. The number of hydrogen-bond donors (Lipinski definition) is 2. The van der Waals surface area contributed by atoms with Gasteiger partial charge in [-0.3, -0.25) is 0 Å². The van der Waals surface area contributed by atoms with Crippen molar-refractivity contribution in [2.75, 3.05) is 6.54 Å². The van der Waals surface area contributed by atoms with E-state index in [1.165, 1.54) is 0 Å². The largest absolute Gasteiger partial charge is 0.444 e. The minimum atomic E-state index is -0.479. The monoisotopic (exact) mass is 313 g/mol. The molecule has 5 nitrogen and oxygen atoms in total. The van der Waals surface area contributed by atoms with Crippen LogP contribution in [0.4, 0.5) is 4.79 Å². The zero-order valence-corrected chi connectivity index (χ0v) is 14.6. The van der Waals surface area contributed by atoms with Crippen molar-refractivity contribution in [1.29, 1.82) is 0 Å². The van der Waals surface area contributed by atoms with Gasteiger partial charge in [0.1, 0.15) is 5.60 Å². The van der Waals surface area contributed by atoms with Gasteiger partial charge in [-0.2, -0.15) is 0 Å². The molecule has 120 valence electrons. The first-order valence-corrected chi connectivity index (χ1v) is 8.24. The second-order valence-electron chi connectivity index (χ2n) is 6.54. The van der Waals surface area contributed by atoms with Crippen LogP contribution in [0.5, 0.6) is 0 Å². The fourth-order valence-corrected chi connectivity index (χ4v) is 2.40. The second kappa shape index (κ2) is 7.75. The van der Waals surface area contributed by atoms with Gasteiger partial charge in [-0.05, 0) is 33.6 Å². The number of alkyl carbamates (subject to hydrolysis) is 1. The van der Waals surface area contributed by atoms with E-state index in [0.29, 0.717) is 12.5 Å². The molecule has 0 aliphatic rings. The number of carbonyl (C=O) groups excluding carboxylic acids is 1. The van der Waals surface area contributed by atoms with Crippen molar-refractivity contribution in [3.05, 3.63) is 16.6 Å². The Balaban J connectivity index is 2.48. The molecule has 0 fully saturated rings. The molecule has 1 rings (SSSR count). The SMILES string of the molecule is CC(NCC(NC(=O)OC(C)(C)C)C(C)C)c1cscn1. The summed E-state index contributed by atoms with van der Waals surface area (Å²) in [4.78, 5) is 16.2. The lowest BCUT2D eigenvalue weighted by molar-refractivity contribution is 0.0489. The van der Waals surface area contributed by atoms with Crippen molar-refractivity contribution < 1.29 is 9.53 Å². The van der Waals surface area contributed by atoms with Gasteiger partial charge in [0, 0.05) is 24.0 Å². The molecule has 2 unspecified atom stereocenters. The maximum Gasteiger partial charge on any atom is 0.407 e. The number of nitrogens with one attached hydrogen (secondary N) is 2. The summed E-state index contributed by atoms with van der Waals surface area (Å²) >= 11 is 1.58. The summed E-state index contributed by atoms with van der Waals surface area (Å²) in [5, 5.41) is 8.37. The van der Waals surface area contributed by atoms with Gasteiger partial charge < -0.3 is 15.4 Å². The summed E-state index contributed by atoms with van der Waals surface area (Å²) in [7, 11) is 0. The molecule has 0 saturated heterocycles. The summed E-state index contributed by atoms with van der Waals surface area (Å²) in [5.41, 5.74) is 2.37. The van der Waals surface area contributed by atoms with E-state index in [4.69, 9.17) is 4.74 Å². The van der Waals surface area contributed by atoms with Gasteiger partial charge in [0.25, 0.3) is 0 Å². The highest BCUT2D eigenvalue weighted by molar-refractivity contribution is 7.07. The Labute approximate surface area is 131 Å². The highest BCUT2D eigenvalue weighted by Crippen LogP contribution is 2.13. The van der Waals surface area contributed by atoms with Crippen LogP contribution in [0, 0.1) is 5.92 Å². The molecular weight excluding hydrogens is 286 g/mol. The van der Waals surface area contributed by atoms with E-state index in [9.17, 15) is 4.79 Å². The van der Waals surface area contributed by atoms with Crippen molar-refractivity contribution in [1.82, 2.24) is 15.6 Å². The molecule has 1 aromatic rings. The van der Waals surface area contributed by atoms with Crippen LogP contribution in [0.25, 0.3) is 0 Å². The lowest BCUT2D eigenvalue weighted by Gasteiger charge is -2.27. The van der Waals surface area contributed by atoms with Gasteiger partial charge >= 0.3 is 6.09 Å². The van der Waals surface area contributed by atoms with Gasteiger partial charge in [0.2, 0.25) is 0 Å². The van der Waals surface area contributed by atoms with Crippen LogP contribution in [0.15, 0.2) is 10.9 Å². The summed E-state index contributed by atoms with van der Waals surface area (Å²) in [6.45, 7) is 12.5. The van der Waals surface area contributed by atoms with Gasteiger partial charge in [-0.15, -0.1) is 11.3 Å². The second-order valence-corrected chi connectivity index (χ2v) is 7.26. The summed E-state index contributed by atoms with van der Waals surface area (Å²) in [6, 6.07) is 0.180. The van der Waals surface area contributed by atoms with Gasteiger partial charge in [0.15, 0.2) is 0 Å². The van der Waals surface area contributed by atoms with E-state index in [-0.39, 0.29) is 18.2 Å². The molecule has 1 aromatic heterocycles. The van der Waals surface area contributed by atoms with Crippen molar-refractivity contribution >= 4 is 17.4 Å². The molecule has 0 radical (unpaired) electrons. The highest BCUT2D eigenvalue weighted by Gasteiger charge is 2.22. The van der Waals surface area contributed by atoms with Gasteiger partial charge in [0.05, 0.1) is 11.2 Å². The number of amides is 1. The quantitative estimate of drug-likeness (QED) is 0.845. The Morgan fingerprint density at radius 1 is 1.38 bits per heavy atom. The number of rotatable bonds is 6. The molecule has 6 heteroatoms. The smallest absolute Gasteiger partial charge is 0.407 e. The van der Waals surface area contributed by atoms with Crippen LogP contribution >= 0.6 is 11.3 Å². The molecule has 1 heterocycles. The Bertz CT molecular complexity index is 427. The minimum absolute atomic E-state index is 0.0148. The zero-order valence-electron chi connectivity index (χ0n) is 13.8. The highest BCUT2D eigenvalue weighted by atomic mass is 32.1. The molecule has 0 aromatic carbocycles. The number of aromatic nitrogens is 1. The minimum Gasteiger partial charge on any atom is -0.444 e. The summed E-state index contributed by atoms with van der Waals surface area (Å²) < 4.78 is 5.31. The third kappa shape index (κ3) is 6.91. The normalized spacial score (nSPS) is 14.8. The molecule has 0 spiro atoms. The van der Waals surface area contributed by atoms with Crippen LogP contribution in [0.2, 0.25) is 0 Å². The first-order chi connectivity index (χ1) is 9.69. The van der Waals surface area contributed by atoms with Crippen molar-refractivity contribution in [2.45, 2.75) is 59.2 Å². The fraction of sp³-hybridized carbons (Fsp3) is 0.733. The average Bonchev–Trinajstić information content (AvgIpc) is 2.85. The molecule has 0 saturated carbocycles. The molecule has 2 N–H and O–H groups in total. The van der Waals surface area contributed by atoms with Crippen LogP contribution in [0.3, 0.4) is 0 Å².